The van der Waals surface area contributed by atoms with E-state index in [0.29, 0.717) is 12.8 Å². The van der Waals surface area contributed by atoms with Crippen molar-refractivity contribution in [1.29, 1.82) is 0 Å². The Balaban J connectivity index is 0. The first-order valence-corrected chi connectivity index (χ1v) is 8.18. The van der Waals surface area contributed by atoms with Crippen molar-refractivity contribution in [3.05, 3.63) is 0 Å². The summed E-state index contributed by atoms with van der Waals surface area (Å²) in [7, 11) is -6.35. The van der Waals surface area contributed by atoms with Crippen LogP contribution in [0.25, 0.3) is 0 Å². The summed E-state index contributed by atoms with van der Waals surface area (Å²) < 4.78 is 82.1. The monoisotopic (exact) mass is 360 g/mol. The van der Waals surface area contributed by atoms with Gasteiger partial charge in [-0.15, -0.1) is 0 Å². The van der Waals surface area contributed by atoms with Gasteiger partial charge in [0.1, 0.15) is 0 Å². The summed E-state index contributed by atoms with van der Waals surface area (Å²) in [5, 5.41) is -5.54. The molecule has 0 heterocycles. The van der Waals surface area contributed by atoms with E-state index in [1.54, 1.807) is 0 Å². The Bertz CT molecular complexity index is 375. The van der Waals surface area contributed by atoms with Crippen molar-refractivity contribution in [2.24, 2.45) is 0 Å². The average Bonchev–Trinajstić information content (AvgIpc) is 2.31. The van der Waals surface area contributed by atoms with Gasteiger partial charge in [0.05, 0.1) is 0 Å². The quantitative estimate of drug-likeness (QED) is 0.241. The predicted molar refractivity (Wildman–Crippen MR) is 66.8 cm³/mol. The molecule has 0 bridgehead atoms. The second-order valence-electron chi connectivity index (χ2n) is 4.90. The van der Waals surface area contributed by atoms with Gasteiger partial charge >= 0.3 is 62.6 Å². The molecule has 0 aliphatic carbocycles. The van der Waals surface area contributed by atoms with Gasteiger partial charge < -0.3 is 4.55 Å². The number of halogens is 4. The maximum Gasteiger partial charge on any atom is 1.00 e. The first-order valence-electron chi connectivity index (χ1n) is 6.77. The molecule has 9 heteroatoms. The van der Waals surface area contributed by atoms with Gasteiger partial charge in [0, 0.05) is 6.42 Å². The van der Waals surface area contributed by atoms with Crippen LogP contribution < -0.4 is 51.4 Å². The SMILES string of the molecule is CCCCCCCCCCC(F)(F)C(F)(F)S(=O)(=O)[O-].[K+]. The third-order valence-electron chi connectivity index (χ3n) is 3.08. The van der Waals surface area contributed by atoms with Crippen LogP contribution in [-0.2, 0) is 10.1 Å². The molecule has 0 amide bonds. The molecular weight excluding hydrogens is 339 g/mol. The average molecular weight is 360 g/mol. The molecule has 0 radical (unpaired) electrons. The summed E-state index contributed by atoms with van der Waals surface area (Å²) in [6, 6.07) is 0. The zero-order chi connectivity index (χ0) is 15.9. The maximum absolute atomic E-state index is 13.0. The van der Waals surface area contributed by atoms with E-state index in [4.69, 9.17) is 0 Å². The van der Waals surface area contributed by atoms with E-state index in [1.807, 2.05) is 0 Å². The smallest absolute Gasteiger partial charge is 0.743 e. The minimum Gasteiger partial charge on any atom is -0.743 e. The molecule has 0 aromatic rings. The fourth-order valence-electron chi connectivity index (χ4n) is 1.81. The van der Waals surface area contributed by atoms with Gasteiger partial charge in [-0.25, -0.2) is 8.42 Å². The molecule has 3 nitrogen and oxygen atoms in total. The van der Waals surface area contributed by atoms with Crippen LogP contribution in [0.15, 0.2) is 0 Å². The van der Waals surface area contributed by atoms with E-state index in [0.717, 1.165) is 32.1 Å². The number of rotatable bonds is 11. The van der Waals surface area contributed by atoms with Crippen molar-refractivity contribution >= 4 is 10.1 Å². The summed E-state index contributed by atoms with van der Waals surface area (Å²) in [6.45, 7) is 2.06. The van der Waals surface area contributed by atoms with Crippen LogP contribution in [0.3, 0.4) is 0 Å². The standard InChI is InChI=1S/C12H22F4O3S.K/c1-2-3-4-5-6-7-8-9-10-11(13,14)12(15,16)20(17,18)19;/h2-10H2,1H3,(H,17,18,19);/q;+1/p-1. The summed E-state index contributed by atoms with van der Waals surface area (Å²) in [4.78, 5) is 0. The Labute approximate surface area is 166 Å². The summed E-state index contributed by atoms with van der Waals surface area (Å²) in [6.07, 6.45) is 4.47. The fraction of sp³-hybridized carbons (Fsp3) is 1.00. The minimum atomic E-state index is -6.35. The minimum absolute atomic E-state index is 0. The van der Waals surface area contributed by atoms with E-state index in [-0.39, 0.29) is 57.8 Å². The Morgan fingerprint density at radius 3 is 1.62 bits per heavy atom. The molecule has 0 aromatic heterocycles. The van der Waals surface area contributed by atoms with Crippen LogP contribution >= 0.6 is 0 Å². The molecule has 21 heavy (non-hydrogen) atoms. The van der Waals surface area contributed by atoms with Crippen LogP contribution in [0.1, 0.15) is 64.7 Å². The zero-order valence-corrected chi connectivity index (χ0v) is 16.4. The first-order chi connectivity index (χ1) is 9.06. The summed E-state index contributed by atoms with van der Waals surface area (Å²) in [5.74, 6) is -4.81. The number of alkyl halides is 4. The van der Waals surface area contributed by atoms with E-state index < -0.39 is 27.7 Å². The maximum atomic E-state index is 13.0. The predicted octanol–water partition coefficient (Wildman–Crippen LogP) is 1.29. The zero-order valence-electron chi connectivity index (χ0n) is 12.5. The molecule has 0 atom stereocenters. The summed E-state index contributed by atoms with van der Waals surface area (Å²) in [5.41, 5.74) is 0. The number of hydrogen-bond acceptors (Lipinski definition) is 3. The van der Waals surface area contributed by atoms with Gasteiger partial charge in [-0.2, -0.15) is 17.6 Å². The molecule has 0 aromatic carbocycles. The Kier molecular flexibility index (Phi) is 12.8. The number of hydrogen-bond donors (Lipinski definition) is 0. The molecule has 0 rings (SSSR count). The molecule has 122 valence electrons. The van der Waals surface area contributed by atoms with Crippen LogP contribution in [-0.4, -0.2) is 24.1 Å². The molecule has 0 spiro atoms. The third-order valence-corrected chi connectivity index (χ3v) is 4.01. The van der Waals surface area contributed by atoms with Crippen LogP contribution in [0, 0.1) is 0 Å². The molecule has 0 aliphatic heterocycles. The normalized spacial score (nSPS) is 13.0. The van der Waals surface area contributed by atoms with Crippen molar-refractivity contribution in [1.82, 2.24) is 0 Å². The first kappa shape index (κ1) is 24.5. The Morgan fingerprint density at radius 2 is 1.24 bits per heavy atom. The van der Waals surface area contributed by atoms with Gasteiger partial charge in [0.2, 0.25) is 0 Å². The van der Waals surface area contributed by atoms with E-state index >= 15 is 0 Å². The molecule has 0 N–H and O–H groups in total. The van der Waals surface area contributed by atoms with Gasteiger partial charge in [0.15, 0.2) is 10.1 Å². The molecule has 0 saturated carbocycles. The topological polar surface area (TPSA) is 57.2 Å². The third kappa shape index (κ3) is 8.62. The van der Waals surface area contributed by atoms with Crippen molar-refractivity contribution in [2.75, 3.05) is 0 Å². The molecule has 0 aliphatic rings. The second-order valence-corrected chi connectivity index (χ2v) is 6.32. The van der Waals surface area contributed by atoms with Crippen LogP contribution in [0.2, 0.25) is 0 Å². The van der Waals surface area contributed by atoms with Gasteiger partial charge in [-0.1, -0.05) is 51.9 Å². The summed E-state index contributed by atoms with van der Waals surface area (Å²) >= 11 is 0. The van der Waals surface area contributed by atoms with Gasteiger partial charge in [-0.05, 0) is 6.42 Å². The molecular formula is C12H21F4KO3S. The van der Waals surface area contributed by atoms with Crippen molar-refractivity contribution in [3.8, 4) is 0 Å². The Hall–Kier alpha value is 1.27. The van der Waals surface area contributed by atoms with E-state index in [1.165, 1.54) is 0 Å². The second kappa shape index (κ2) is 10.9. The van der Waals surface area contributed by atoms with Crippen molar-refractivity contribution in [2.45, 2.75) is 75.9 Å². The van der Waals surface area contributed by atoms with Crippen LogP contribution in [0.5, 0.6) is 0 Å². The van der Waals surface area contributed by atoms with E-state index in [2.05, 4.69) is 6.92 Å². The van der Waals surface area contributed by atoms with Crippen molar-refractivity contribution < 1.29 is 81.9 Å². The molecule has 0 fully saturated rings. The van der Waals surface area contributed by atoms with Gasteiger partial charge in [0.25, 0.3) is 0 Å². The van der Waals surface area contributed by atoms with Crippen LogP contribution in [0.4, 0.5) is 17.6 Å². The fourth-order valence-corrected chi connectivity index (χ4v) is 2.28. The number of unbranched alkanes of at least 4 members (excludes halogenated alkanes) is 7. The van der Waals surface area contributed by atoms with Crippen molar-refractivity contribution in [3.63, 3.8) is 0 Å². The molecule has 0 unspecified atom stereocenters. The Morgan fingerprint density at radius 1 is 0.857 bits per heavy atom. The largest absolute Gasteiger partial charge is 1.00 e. The molecule has 0 saturated heterocycles. The van der Waals surface area contributed by atoms with E-state index in [9.17, 15) is 30.5 Å². The van der Waals surface area contributed by atoms with Gasteiger partial charge in [-0.3, -0.25) is 0 Å².